The summed E-state index contributed by atoms with van der Waals surface area (Å²) >= 11 is 1.72. The van der Waals surface area contributed by atoms with E-state index in [9.17, 15) is 0 Å². The Labute approximate surface area is 150 Å². The van der Waals surface area contributed by atoms with Crippen molar-refractivity contribution < 1.29 is 9.47 Å². The molecule has 0 bridgehead atoms. The van der Waals surface area contributed by atoms with Gasteiger partial charge in [0.1, 0.15) is 17.0 Å². The summed E-state index contributed by atoms with van der Waals surface area (Å²) in [7, 11) is 0. The monoisotopic (exact) mass is 353 g/mol. The Morgan fingerprint density at radius 1 is 1.00 bits per heavy atom. The number of aromatic nitrogens is 2. The summed E-state index contributed by atoms with van der Waals surface area (Å²) in [5.41, 5.74) is 1.22. The van der Waals surface area contributed by atoms with Gasteiger partial charge >= 0.3 is 0 Å². The molecule has 0 amide bonds. The fourth-order valence-electron chi connectivity index (χ4n) is 3.68. The molecule has 3 aromatic rings. The summed E-state index contributed by atoms with van der Waals surface area (Å²) in [6, 6.07) is 12.7. The fourth-order valence-corrected chi connectivity index (χ4v) is 4.68. The summed E-state index contributed by atoms with van der Waals surface area (Å²) in [4.78, 5) is 13.7. The van der Waals surface area contributed by atoms with Gasteiger partial charge in [0.15, 0.2) is 5.79 Å². The molecule has 5 rings (SSSR count). The van der Waals surface area contributed by atoms with Gasteiger partial charge in [-0.25, -0.2) is 9.97 Å². The van der Waals surface area contributed by atoms with Crippen molar-refractivity contribution in [3.05, 3.63) is 42.7 Å². The van der Waals surface area contributed by atoms with Crippen LogP contribution in [-0.2, 0) is 9.47 Å². The van der Waals surface area contributed by atoms with Crippen molar-refractivity contribution in [1.82, 2.24) is 9.97 Å². The van der Waals surface area contributed by atoms with Crippen molar-refractivity contribution in [2.24, 2.45) is 0 Å². The first kappa shape index (κ1) is 15.3. The Hall–Kier alpha value is -2.02. The Kier molecular flexibility index (Phi) is 3.69. The number of thiophene rings is 1. The molecule has 1 spiro atoms. The molecule has 0 saturated carbocycles. The maximum absolute atomic E-state index is 5.84. The average molecular weight is 353 g/mol. The molecular weight excluding hydrogens is 334 g/mol. The summed E-state index contributed by atoms with van der Waals surface area (Å²) in [5.74, 6) is 0.670. The molecule has 0 unspecified atom stereocenters. The molecule has 5 nitrogen and oxygen atoms in total. The number of nitrogens with zero attached hydrogens (tertiary/aromatic N) is 3. The molecule has 1 aromatic carbocycles. The lowest BCUT2D eigenvalue weighted by Crippen LogP contribution is -2.45. The van der Waals surface area contributed by atoms with Crippen LogP contribution in [0.15, 0.2) is 42.7 Å². The molecule has 2 fully saturated rings. The summed E-state index contributed by atoms with van der Waals surface area (Å²) in [5, 5.41) is 1.13. The van der Waals surface area contributed by atoms with Crippen LogP contribution < -0.4 is 4.90 Å². The SMILES string of the molecule is c1ccc(-c2cc3c(N4CCC5(CC4)OCCO5)ncnc3s2)cc1. The molecule has 0 atom stereocenters. The zero-order chi connectivity index (χ0) is 16.7. The van der Waals surface area contributed by atoms with Crippen LogP contribution in [0, 0.1) is 0 Å². The minimum atomic E-state index is -0.355. The molecule has 0 radical (unpaired) electrons. The van der Waals surface area contributed by atoms with Gasteiger partial charge < -0.3 is 14.4 Å². The van der Waals surface area contributed by atoms with Gasteiger partial charge in [-0.1, -0.05) is 30.3 Å². The highest BCUT2D eigenvalue weighted by Crippen LogP contribution is 2.38. The van der Waals surface area contributed by atoms with E-state index in [0.717, 1.165) is 42.0 Å². The lowest BCUT2D eigenvalue weighted by Gasteiger charge is -2.38. The highest BCUT2D eigenvalue weighted by molar-refractivity contribution is 7.21. The lowest BCUT2D eigenvalue weighted by molar-refractivity contribution is -0.169. The van der Waals surface area contributed by atoms with E-state index >= 15 is 0 Å². The number of piperidine rings is 1. The van der Waals surface area contributed by atoms with Crippen LogP contribution in [0.3, 0.4) is 0 Å². The molecule has 0 aliphatic carbocycles. The first-order valence-corrected chi connectivity index (χ1v) is 9.48. The van der Waals surface area contributed by atoms with Gasteiger partial charge in [0.25, 0.3) is 0 Å². The van der Waals surface area contributed by atoms with Crippen molar-refractivity contribution in [2.75, 3.05) is 31.2 Å². The van der Waals surface area contributed by atoms with Crippen molar-refractivity contribution >= 4 is 27.4 Å². The van der Waals surface area contributed by atoms with Gasteiger partial charge in [-0.05, 0) is 11.6 Å². The molecular formula is C19H19N3O2S. The lowest BCUT2D eigenvalue weighted by atomic mass is 10.0. The van der Waals surface area contributed by atoms with E-state index in [1.165, 1.54) is 10.4 Å². The van der Waals surface area contributed by atoms with Gasteiger partial charge in [0, 0.05) is 30.8 Å². The van der Waals surface area contributed by atoms with Crippen LogP contribution >= 0.6 is 11.3 Å². The normalized spacial score (nSPS) is 19.8. The van der Waals surface area contributed by atoms with E-state index in [4.69, 9.17) is 9.47 Å². The van der Waals surface area contributed by atoms with Gasteiger partial charge in [-0.15, -0.1) is 11.3 Å². The second kappa shape index (κ2) is 6.05. The first-order valence-electron chi connectivity index (χ1n) is 8.66. The minimum Gasteiger partial charge on any atom is -0.356 e. The van der Waals surface area contributed by atoms with Crippen LogP contribution in [0.2, 0.25) is 0 Å². The van der Waals surface area contributed by atoms with Gasteiger partial charge in [0.05, 0.1) is 18.6 Å². The standard InChI is InChI=1S/C19H19N3O2S/c1-2-4-14(5-3-1)16-12-15-17(20-13-21-18(15)25-16)22-8-6-19(7-9-22)23-10-11-24-19/h1-5,12-13H,6-11H2. The molecule has 2 aliphatic heterocycles. The van der Waals surface area contributed by atoms with E-state index in [0.29, 0.717) is 13.2 Å². The Bertz CT molecular complexity index is 880. The third-order valence-corrected chi connectivity index (χ3v) is 6.10. The molecule has 0 N–H and O–H groups in total. The van der Waals surface area contributed by atoms with Gasteiger partial charge in [-0.2, -0.15) is 0 Å². The van der Waals surface area contributed by atoms with Crippen molar-refractivity contribution in [3.63, 3.8) is 0 Å². The number of fused-ring (bicyclic) bond motifs is 1. The number of ether oxygens (including phenoxy) is 2. The third kappa shape index (κ3) is 2.70. The van der Waals surface area contributed by atoms with Crippen LogP contribution in [0.25, 0.3) is 20.7 Å². The second-order valence-corrected chi connectivity index (χ2v) is 7.52. The van der Waals surface area contributed by atoms with Crippen molar-refractivity contribution in [2.45, 2.75) is 18.6 Å². The molecule has 2 aliphatic rings. The predicted octanol–water partition coefficient (Wildman–Crippen LogP) is 3.70. The molecule has 4 heterocycles. The van der Waals surface area contributed by atoms with Gasteiger partial charge in [0.2, 0.25) is 0 Å². The maximum atomic E-state index is 5.84. The van der Waals surface area contributed by atoms with Crippen molar-refractivity contribution in [3.8, 4) is 10.4 Å². The predicted molar refractivity (Wildman–Crippen MR) is 98.9 cm³/mol. The van der Waals surface area contributed by atoms with E-state index in [1.807, 2.05) is 6.07 Å². The number of anilines is 1. The minimum absolute atomic E-state index is 0.355. The molecule has 2 saturated heterocycles. The third-order valence-electron chi connectivity index (χ3n) is 5.01. The van der Waals surface area contributed by atoms with Gasteiger partial charge in [-0.3, -0.25) is 0 Å². The van der Waals surface area contributed by atoms with Crippen molar-refractivity contribution in [1.29, 1.82) is 0 Å². The van der Waals surface area contributed by atoms with Crippen LogP contribution in [0.4, 0.5) is 5.82 Å². The van der Waals surface area contributed by atoms with Crippen LogP contribution in [0.1, 0.15) is 12.8 Å². The zero-order valence-corrected chi connectivity index (χ0v) is 14.7. The highest BCUT2D eigenvalue weighted by atomic mass is 32.1. The summed E-state index contributed by atoms with van der Waals surface area (Å²) < 4.78 is 11.7. The Balaban J connectivity index is 1.47. The second-order valence-electron chi connectivity index (χ2n) is 6.49. The average Bonchev–Trinajstić information content (AvgIpc) is 3.30. The maximum Gasteiger partial charge on any atom is 0.171 e. The molecule has 128 valence electrons. The quantitative estimate of drug-likeness (QED) is 0.703. The molecule has 6 heteroatoms. The zero-order valence-electron chi connectivity index (χ0n) is 13.9. The van der Waals surface area contributed by atoms with Crippen LogP contribution in [-0.4, -0.2) is 42.1 Å². The van der Waals surface area contributed by atoms with E-state index in [-0.39, 0.29) is 5.79 Å². The largest absolute Gasteiger partial charge is 0.356 e. The Morgan fingerprint density at radius 3 is 2.52 bits per heavy atom. The highest BCUT2D eigenvalue weighted by Gasteiger charge is 2.40. The number of hydrogen-bond donors (Lipinski definition) is 0. The smallest absolute Gasteiger partial charge is 0.171 e. The summed E-state index contributed by atoms with van der Waals surface area (Å²) in [6.45, 7) is 3.21. The Morgan fingerprint density at radius 2 is 1.76 bits per heavy atom. The van der Waals surface area contributed by atoms with E-state index in [2.05, 4.69) is 45.2 Å². The molecule has 25 heavy (non-hydrogen) atoms. The summed E-state index contributed by atoms with van der Waals surface area (Å²) in [6.07, 6.45) is 3.44. The van der Waals surface area contributed by atoms with E-state index < -0.39 is 0 Å². The topological polar surface area (TPSA) is 47.5 Å². The number of rotatable bonds is 2. The fraction of sp³-hybridized carbons (Fsp3) is 0.368. The number of hydrogen-bond acceptors (Lipinski definition) is 6. The van der Waals surface area contributed by atoms with Crippen LogP contribution in [0.5, 0.6) is 0 Å². The number of benzene rings is 1. The molecule has 2 aromatic heterocycles. The first-order chi connectivity index (χ1) is 12.3. The van der Waals surface area contributed by atoms with E-state index in [1.54, 1.807) is 17.7 Å².